The predicted octanol–water partition coefficient (Wildman–Crippen LogP) is 14.9. The maximum Gasteiger partial charge on any atom is 0.206 e. The fourth-order valence-electron chi connectivity index (χ4n) is 8.33. The van der Waals surface area contributed by atoms with Gasteiger partial charge >= 0.3 is 0 Å². The molecule has 0 spiro atoms. The molecule has 75 heavy (non-hydrogen) atoms. The molecule has 0 aliphatic carbocycles. The molecule has 0 fully saturated rings. The number of rotatable bonds is 16. The van der Waals surface area contributed by atoms with E-state index in [2.05, 4.69) is 24.3 Å². The van der Waals surface area contributed by atoms with Gasteiger partial charge in [-0.25, -0.2) is 25.3 Å². The molecule has 0 aromatic heterocycles. The summed E-state index contributed by atoms with van der Waals surface area (Å²) in [5, 5.41) is 0. The molecule has 10 rings (SSSR count). The third-order valence-corrected chi connectivity index (χ3v) is 17.7. The third-order valence-electron chi connectivity index (χ3n) is 12.4. The van der Waals surface area contributed by atoms with E-state index < -0.39 is 29.5 Å². The number of ether oxygens (including phenoxy) is 4. The first-order valence-corrected chi connectivity index (χ1v) is 28.0. The van der Waals surface area contributed by atoms with Crippen LogP contribution >= 0.6 is 0 Å². The second-order valence-corrected chi connectivity index (χ2v) is 23.2. The molecule has 0 saturated carbocycles. The fraction of sp³-hybridized carbons (Fsp3) is 0.0323. The SMILES string of the molecule is COc1ccc(-c2ccc(Oc3ccc(S(=O)(=O)c4ccc(Oc5ccc(S(=O)(=O)c6ccc(Oc7ccc(S(=O)(=O)c8ccc(C)cc8)cc7)cc6)cc5)cc4)cc3)c(-c3ccccc3)c2)cc1-c1ccccc1. The topological polar surface area (TPSA) is 139 Å². The van der Waals surface area contributed by atoms with Gasteiger partial charge in [-0.1, -0.05) is 90.5 Å². The Bertz CT molecular complexity index is 3980. The minimum Gasteiger partial charge on any atom is -0.496 e. The molecule has 0 aliphatic rings. The zero-order valence-corrected chi connectivity index (χ0v) is 42.9. The number of sulfone groups is 3. The van der Waals surface area contributed by atoms with Crippen molar-refractivity contribution in [2.24, 2.45) is 0 Å². The highest BCUT2D eigenvalue weighted by Crippen LogP contribution is 2.40. The minimum atomic E-state index is -3.93. The Hall–Kier alpha value is -8.75. The number of hydrogen-bond acceptors (Lipinski definition) is 10. The lowest BCUT2D eigenvalue weighted by molar-refractivity contribution is 0.416. The Balaban J connectivity index is 0.776. The number of hydrogen-bond donors (Lipinski definition) is 0. The van der Waals surface area contributed by atoms with Crippen LogP contribution < -0.4 is 18.9 Å². The molecule has 0 N–H and O–H groups in total. The molecular formula is C62H46O10S3. The van der Waals surface area contributed by atoms with E-state index in [4.69, 9.17) is 18.9 Å². The van der Waals surface area contributed by atoms with Crippen LogP contribution in [0.1, 0.15) is 5.56 Å². The highest BCUT2D eigenvalue weighted by molar-refractivity contribution is 7.92. The van der Waals surface area contributed by atoms with Gasteiger partial charge in [-0.3, -0.25) is 0 Å². The van der Waals surface area contributed by atoms with E-state index in [1.807, 2.05) is 79.7 Å². The van der Waals surface area contributed by atoms with Crippen LogP contribution in [0.3, 0.4) is 0 Å². The predicted molar refractivity (Wildman–Crippen MR) is 289 cm³/mol. The van der Waals surface area contributed by atoms with E-state index in [1.165, 1.54) is 109 Å². The van der Waals surface area contributed by atoms with Crippen LogP contribution in [0.25, 0.3) is 33.4 Å². The number of aryl methyl sites for hydroxylation is 1. The van der Waals surface area contributed by atoms with E-state index in [1.54, 1.807) is 43.5 Å². The Kier molecular flexibility index (Phi) is 13.9. The Labute approximate surface area is 436 Å². The van der Waals surface area contributed by atoms with Crippen LogP contribution in [0, 0.1) is 6.92 Å². The maximum atomic E-state index is 13.8. The lowest BCUT2D eigenvalue weighted by Crippen LogP contribution is -2.02. The first-order chi connectivity index (χ1) is 36.2. The van der Waals surface area contributed by atoms with Crippen LogP contribution in [0.5, 0.6) is 40.2 Å². The van der Waals surface area contributed by atoms with Crippen molar-refractivity contribution in [1.82, 2.24) is 0 Å². The largest absolute Gasteiger partial charge is 0.496 e. The summed E-state index contributed by atoms with van der Waals surface area (Å²) in [7, 11) is -9.90. The van der Waals surface area contributed by atoms with Gasteiger partial charge in [-0.2, -0.15) is 0 Å². The van der Waals surface area contributed by atoms with Crippen LogP contribution in [0.4, 0.5) is 0 Å². The second-order valence-electron chi connectivity index (χ2n) is 17.3. The number of benzene rings is 10. The zero-order valence-electron chi connectivity index (χ0n) is 40.4. The molecule has 0 heterocycles. The molecule has 10 nitrogen and oxygen atoms in total. The normalized spacial score (nSPS) is 11.7. The maximum absolute atomic E-state index is 13.8. The molecule has 0 saturated heterocycles. The third kappa shape index (κ3) is 10.8. The molecule has 13 heteroatoms. The van der Waals surface area contributed by atoms with E-state index in [0.717, 1.165) is 44.7 Å². The first kappa shape index (κ1) is 49.8. The van der Waals surface area contributed by atoms with Gasteiger partial charge in [-0.05, 0) is 187 Å². The summed E-state index contributed by atoms with van der Waals surface area (Å²) in [5.74, 6) is 3.23. The van der Waals surface area contributed by atoms with Gasteiger partial charge in [0.05, 0.1) is 36.5 Å². The van der Waals surface area contributed by atoms with Crippen molar-refractivity contribution in [2.45, 2.75) is 36.3 Å². The van der Waals surface area contributed by atoms with Gasteiger partial charge in [-0.15, -0.1) is 0 Å². The molecule has 0 unspecified atom stereocenters. The van der Waals surface area contributed by atoms with Crippen molar-refractivity contribution in [2.75, 3.05) is 7.11 Å². The lowest BCUT2D eigenvalue weighted by atomic mass is 9.95. The summed E-state index contributed by atoms with van der Waals surface area (Å²) in [6, 6.07) is 68.8. The van der Waals surface area contributed by atoms with Crippen molar-refractivity contribution in [3.8, 4) is 73.6 Å². The highest BCUT2D eigenvalue weighted by Gasteiger charge is 2.22. The summed E-state index contributed by atoms with van der Waals surface area (Å²) in [6.45, 7) is 1.88. The van der Waals surface area contributed by atoms with Gasteiger partial charge in [0.2, 0.25) is 29.5 Å². The van der Waals surface area contributed by atoms with Gasteiger partial charge in [0.25, 0.3) is 0 Å². The Morgan fingerprint density at radius 3 is 0.880 bits per heavy atom. The quantitative estimate of drug-likeness (QED) is 0.0919. The summed E-state index contributed by atoms with van der Waals surface area (Å²) < 4.78 is 105. The molecule has 0 amide bonds. The summed E-state index contributed by atoms with van der Waals surface area (Å²) in [6.07, 6.45) is 0. The first-order valence-electron chi connectivity index (χ1n) is 23.5. The van der Waals surface area contributed by atoms with Gasteiger partial charge in [0, 0.05) is 11.1 Å². The van der Waals surface area contributed by atoms with E-state index in [-0.39, 0.29) is 29.4 Å². The molecule has 0 aliphatic heterocycles. The van der Waals surface area contributed by atoms with Crippen molar-refractivity contribution < 1.29 is 44.2 Å². The smallest absolute Gasteiger partial charge is 0.206 e. The second kappa shape index (κ2) is 21.0. The summed E-state index contributed by atoms with van der Waals surface area (Å²) >= 11 is 0. The van der Waals surface area contributed by atoms with Gasteiger partial charge in [0.1, 0.15) is 40.2 Å². The van der Waals surface area contributed by atoms with Crippen molar-refractivity contribution in [3.63, 3.8) is 0 Å². The van der Waals surface area contributed by atoms with Gasteiger partial charge in [0.15, 0.2) is 0 Å². The van der Waals surface area contributed by atoms with Crippen molar-refractivity contribution >= 4 is 29.5 Å². The molecule has 0 bridgehead atoms. The van der Waals surface area contributed by atoms with E-state index >= 15 is 0 Å². The van der Waals surface area contributed by atoms with Crippen molar-refractivity contribution in [3.05, 3.63) is 248 Å². The van der Waals surface area contributed by atoms with Crippen LogP contribution in [0.15, 0.2) is 272 Å². The molecule has 0 radical (unpaired) electrons. The highest BCUT2D eigenvalue weighted by atomic mass is 32.2. The lowest BCUT2D eigenvalue weighted by Gasteiger charge is -2.15. The minimum absolute atomic E-state index is 0.0313. The average molecular weight is 1050 g/mol. The standard InChI is InChI=1S/C62H46O10S3/c1-43-13-27-53(28-14-43)73(63,64)54-29-17-48(18-30-54)70-49-19-31-55(32-20-49)74(65,66)56-33-21-50(22-34-56)71-51-23-35-57(36-24-51)75(67,68)58-37-25-52(26-38-58)72-62-40-16-47(42-60(62)45-11-7-4-8-12-45)46-15-39-61(69-2)59(41-46)44-9-5-3-6-10-44/h3-42H,1-2H3. The zero-order chi connectivity index (χ0) is 52.2. The number of methoxy groups -OCH3 is 1. The summed E-state index contributed by atoms with van der Waals surface area (Å²) in [5.41, 5.74) is 6.76. The molecule has 10 aromatic carbocycles. The fourth-order valence-corrected chi connectivity index (χ4v) is 12.1. The summed E-state index contributed by atoms with van der Waals surface area (Å²) in [4.78, 5) is 0.508. The van der Waals surface area contributed by atoms with E-state index in [0.29, 0.717) is 34.5 Å². The van der Waals surface area contributed by atoms with Gasteiger partial charge < -0.3 is 18.9 Å². The van der Waals surface area contributed by atoms with E-state index in [9.17, 15) is 25.3 Å². The van der Waals surface area contributed by atoms with Crippen LogP contribution in [-0.2, 0) is 29.5 Å². The van der Waals surface area contributed by atoms with Crippen molar-refractivity contribution in [1.29, 1.82) is 0 Å². The molecule has 10 aromatic rings. The molecule has 372 valence electrons. The Morgan fingerprint density at radius 2 is 0.560 bits per heavy atom. The average Bonchev–Trinajstić information content (AvgIpc) is 3.44. The van der Waals surface area contributed by atoms with Crippen LogP contribution in [0.2, 0.25) is 0 Å². The Morgan fingerprint density at radius 1 is 0.280 bits per heavy atom. The van der Waals surface area contributed by atoms with Crippen LogP contribution in [-0.4, -0.2) is 32.4 Å². The molecular weight excluding hydrogens is 1000 g/mol. The monoisotopic (exact) mass is 1050 g/mol. The molecule has 0 atom stereocenters.